The van der Waals surface area contributed by atoms with Crippen LogP contribution < -0.4 is 5.43 Å². The number of rotatable bonds is 3. The summed E-state index contributed by atoms with van der Waals surface area (Å²) < 4.78 is 0. The molecule has 2 saturated heterocycles. The number of nitrogens with one attached hydrogen (secondary N) is 1. The van der Waals surface area contributed by atoms with Gasteiger partial charge in [-0.25, -0.2) is 0 Å². The predicted octanol–water partition coefficient (Wildman–Crippen LogP) is 3.93. The van der Waals surface area contributed by atoms with E-state index in [0.717, 1.165) is 31.2 Å². The number of benzene rings is 1. The minimum Gasteiger partial charge on any atom is -0.360 e. The fraction of sp³-hybridized carbons (Fsp3) is 0.583. The Morgan fingerprint density at radius 1 is 1.00 bits per heavy atom. The number of pyridine rings is 1. The lowest BCUT2D eigenvalue weighted by Gasteiger charge is -2.46. The Morgan fingerprint density at radius 3 is 2.41 bits per heavy atom. The van der Waals surface area contributed by atoms with Crippen LogP contribution in [0.25, 0.3) is 10.9 Å². The molecule has 5 heteroatoms. The zero-order valence-corrected chi connectivity index (χ0v) is 17.3. The molecule has 3 heterocycles. The van der Waals surface area contributed by atoms with Gasteiger partial charge in [-0.3, -0.25) is 9.59 Å². The molecule has 1 aromatic heterocycles. The lowest BCUT2D eigenvalue weighted by atomic mass is 9.89. The van der Waals surface area contributed by atoms with Gasteiger partial charge in [-0.1, -0.05) is 31.4 Å². The number of carbonyl (C=O) groups is 1. The number of fused-ring (bicyclic) bond motifs is 3. The maximum absolute atomic E-state index is 13.8. The third kappa shape index (κ3) is 3.29. The van der Waals surface area contributed by atoms with Gasteiger partial charge in [0.2, 0.25) is 5.43 Å². The summed E-state index contributed by atoms with van der Waals surface area (Å²) >= 11 is 0. The van der Waals surface area contributed by atoms with E-state index in [1.165, 1.54) is 32.1 Å². The van der Waals surface area contributed by atoms with Gasteiger partial charge in [0.25, 0.3) is 5.91 Å². The highest BCUT2D eigenvalue weighted by atomic mass is 16.2. The van der Waals surface area contributed by atoms with E-state index in [4.69, 9.17) is 0 Å². The molecule has 5 rings (SSSR count). The molecule has 2 aromatic rings. The molecule has 154 valence electrons. The van der Waals surface area contributed by atoms with Gasteiger partial charge < -0.3 is 14.8 Å². The van der Waals surface area contributed by atoms with Crippen LogP contribution in [0.3, 0.4) is 0 Å². The second-order valence-electron chi connectivity index (χ2n) is 9.26. The highest BCUT2D eigenvalue weighted by molar-refractivity contribution is 5.97. The molecule has 1 aliphatic carbocycles. The Hall–Kier alpha value is -2.14. The summed E-state index contributed by atoms with van der Waals surface area (Å²) in [5, 5.41) is 0.602. The van der Waals surface area contributed by atoms with Gasteiger partial charge in [0.15, 0.2) is 0 Å². The van der Waals surface area contributed by atoms with Crippen LogP contribution in [0.4, 0.5) is 0 Å². The second-order valence-corrected chi connectivity index (χ2v) is 9.26. The molecule has 29 heavy (non-hydrogen) atoms. The first-order valence-electron chi connectivity index (χ1n) is 11.3. The number of H-pyrrole nitrogens is 1. The number of aromatic nitrogens is 1. The summed E-state index contributed by atoms with van der Waals surface area (Å²) in [7, 11) is 2.24. The largest absolute Gasteiger partial charge is 0.360 e. The summed E-state index contributed by atoms with van der Waals surface area (Å²) in [6.45, 7) is 0. The zero-order valence-electron chi connectivity index (χ0n) is 17.3. The fourth-order valence-electron chi connectivity index (χ4n) is 6.06. The van der Waals surface area contributed by atoms with Crippen LogP contribution in [-0.2, 0) is 0 Å². The van der Waals surface area contributed by atoms with Crippen molar-refractivity contribution >= 4 is 16.8 Å². The van der Waals surface area contributed by atoms with E-state index in [2.05, 4.69) is 21.8 Å². The number of nitrogens with zero attached hydrogens (tertiary/aromatic N) is 2. The molecular weight excluding hydrogens is 362 g/mol. The van der Waals surface area contributed by atoms with Crippen LogP contribution in [0.2, 0.25) is 0 Å². The van der Waals surface area contributed by atoms with Gasteiger partial charge in [0, 0.05) is 41.3 Å². The molecular formula is C24H31N3O2. The van der Waals surface area contributed by atoms with Gasteiger partial charge in [0.1, 0.15) is 5.56 Å². The smallest absolute Gasteiger partial charge is 0.259 e. The fourth-order valence-corrected chi connectivity index (χ4v) is 6.06. The Kier molecular flexibility index (Phi) is 4.94. The van der Waals surface area contributed by atoms with Crippen LogP contribution >= 0.6 is 0 Å². The first kappa shape index (κ1) is 18.9. The van der Waals surface area contributed by atoms with Crippen LogP contribution in [-0.4, -0.2) is 51.9 Å². The van der Waals surface area contributed by atoms with Gasteiger partial charge in [-0.2, -0.15) is 0 Å². The number of hydrogen-bond acceptors (Lipinski definition) is 3. The first-order chi connectivity index (χ1) is 14.1. The highest BCUT2D eigenvalue weighted by Crippen LogP contribution is 2.38. The Morgan fingerprint density at radius 2 is 1.69 bits per heavy atom. The van der Waals surface area contributed by atoms with Crippen molar-refractivity contribution in [3.63, 3.8) is 0 Å². The quantitative estimate of drug-likeness (QED) is 0.860. The minimum atomic E-state index is -0.138. The van der Waals surface area contributed by atoms with E-state index < -0.39 is 0 Å². The van der Waals surface area contributed by atoms with Gasteiger partial charge >= 0.3 is 0 Å². The monoisotopic (exact) mass is 393 g/mol. The van der Waals surface area contributed by atoms with Crippen molar-refractivity contribution in [2.45, 2.75) is 82.0 Å². The first-order valence-corrected chi connectivity index (χ1v) is 11.3. The van der Waals surface area contributed by atoms with Crippen molar-refractivity contribution in [2.75, 3.05) is 7.05 Å². The number of para-hydroxylation sites is 1. The van der Waals surface area contributed by atoms with E-state index in [-0.39, 0.29) is 23.4 Å². The zero-order chi connectivity index (χ0) is 20.0. The second kappa shape index (κ2) is 7.60. The van der Waals surface area contributed by atoms with Gasteiger partial charge in [-0.15, -0.1) is 0 Å². The van der Waals surface area contributed by atoms with E-state index >= 15 is 0 Å². The molecule has 2 aliphatic heterocycles. The molecule has 1 N–H and O–H groups in total. The van der Waals surface area contributed by atoms with E-state index in [1.807, 2.05) is 24.3 Å². The van der Waals surface area contributed by atoms with Crippen molar-refractivity contribution in [1.29, 1.82) is 0 Å². The molecule has 0 spiro atoms. The maximum Gasteiger partial charge on any atom is 0.259 e. The summed E-state index contributed by atoms with van der Waals surface area (Å²) in [5.74, 6) is -0.0575. The van der Waals surface area contributed by atoms with Crippen molar-refractivity contribution < 1.29 is 4.79 Å². The average molecular weight is 394 g/mol. The topological polar surface area (TPSA) is 56.4 Å². The SMILES string of the molecule is CN1[C@@H]2CC[C@H]1CC(N(C(=O)c1c[nH]c3ccccc3c1=O)C1CCCCC1)C2. The summed E-state index contributed by atoms with van der Waals surface area (Å²) in [6, 6.07) is 9.15. The molecule has 1 unspecified atom stereocenters. The Bertz CT molecular complexity index is 948. The van der Waals surface area contributed by atoms with Crippen molar-refractivity contribution in [1.82, 2.24) is 14.8 Å². The van der Waals surface area contributed by atoms with Crippen LogP contribution in [0.5, 0.6) is 0 Å². The lowest BCUT2D eigenvalue weighted by molar-refractivity contribution is 0.0274. The lowest BCUT2D eigenvalue weighted by Crippen LogP contribution is -2.55. The van der Waals surface area contributed by atoms with Crippen LogP contribution in [0.15, 0.2) is 35.3 Å². The summed E-state index contributed by atoms with van der Waals surface area (Å²) in [4.78, 5) is 34.8. The third-order valence-electron chi connectivity index (χ3n) is 7.69. The molecule has 1 aromatic carbocycles. The van der Waals surface area contributed by atoms with Gasteiger partial charge in [-0.05, 0) is 57.7 Å². The van der Waals surface area contributed by atoms with E-state index in [9.17, 15) is 9.59 Å². The molecule has 5 nitrogen and oxygen atoms in total. The van der Waals surface area contributed by atoms with Crippen molar-refractivity contribution in [3.8, 4) is 0 Å². The van der Waals surface area contributed by atoms with Crippen molar-refractivity contribution in [3.05, 3.63) is 46.2 Å². The predicted molar refractivity (Wildman–Crippen MR) is 115 cm³/mol. The van der Waals surface area contributed by atoms with Crippen LogP contribution in [0.1, 0.15) is 68.1 Å². The molecule has 1 saturated carbocycles. The summed E-state index contributed by atoms with van der Waals surface area (Å²) in [5.41, 5.74) is 0.956. The molecule has 2 bridgehead atoms. The Balaban J connectivity index is 1.52. The normalized spacial score (nSPS) is 28.0. The van der Waals surface area contributed by atoms with Crippen molar-refractivity contribution in [2.24, 2.45) is 0 Å². The molecule has 3 aliphatic rings. The molecule has 0 radical (unpaired) electrons. The molecule has 3 atom stereocenters. The third-order valence-corrected chi connectivity index (χ3v) is 7.69. The standard InChI is InChI=1S/C24H31N3O2/c1-26-17-11-12-18(26)14-19(13-17)27(16-7-3-2-4-8-16)24(29)21-15-25-22-10-6-5-9-20(22)23(21)28/h5-6,9-10,15-19H,2-4,7-8,11-14H2,1H3,(H,25,28)/t17-,18+,19?. The molecule has 1 amide bonds. The van der Waals surface area contributed by atoms with Gasteiger partial charge in [0.05, 0.1) is 0 Å². The highest BCUT2D eigenvalue weighted by Gasteiger charge is 2.43. The minimum absolute atomic E-state index is 0.0575. The Labute approximate surface area is 172 Å². The maximum atomic E-state index is 13.8. The molecule has 3 fully saturated rings. The summed E-state index contributed by atoms with van der Waals surface area (Å²) in [6.07, 6.45) is 12.0. The number of piperidine rings is 1. The number of aromatic amines is 1. The number of hydrogen-bond donors (Lipinski definition) is 1. The number of amides is 1. The van der Waals surface area contributed by atoms with Crippen LogP contribution in [0, 0.1) is 0 Å². The average Bonchev–Trinajstić information content (AvgIpc) is 2.95. The van der Waals surface area contributed by atoms with E-state index in [1.54, 1.807) is 6.20 Å². The van der Waals surface area contributed by atoms with E-state index in [0.29, 0.717) is 23.0 Å². The number of carbonyl (C=O) groups excluding carboxylic acids is 1.